The molecule has 106 valence electrons. The first kappa shape index (κ1) is 13.6. The lowest BCUT2D eigenvalue weighted by atomic mass is 9.93. The Morgan fingerprint density at radius 1 is 1.40 bits per heavy atom. The number of thiazole rings is 1. The zero-order valence-corrected chi connectivity index (χ0v) is 12.8. The fourth-order valence-electron chi connectivity index (χ4n) is 2.62. The van der Waals surface area contributed by atoms with Gasteiger partial charge >= 0.3 is 0 Å². The van der Waals surface area contributed by atoms with Gasteiger partial charge in [-0.25, -0.2) is 4.98 Å². The van der Waals surface area contributed by atoms with Crippen LogP contribution in [-0.4, -0.2) is 18.1 Å². The molecule has 1 heterocycles. The Morgan fingerprint density at radius 2 is 2.25 bits per heavy atom. The molecule has 1 aromatic carbocycles. The van der Waals surface area contributed by atoms with E-state index in [1.54, 1.807) is 7.11 Å². The highest BCUT2D eigenvalue weighted by Crippen LogP contribution is 2.38. The van der Waals surface area contributed by atoms with E-state index < -0.39 is 0 Å². The lowest BCUT2D eigenvalue weighted by Crippen LogP contribution is -2.21. The molecule has 3 rings (SSSR count). The van der Waals surface area contributed by atoms with E-state index >= 15 is 0 Å². The van der Waals surface area contributed by atoms with Crippen molar-refractivity contribution in [3.8, 4) is 17.0 Å². The molecular formula is C16H20N2OS. The van der Waals surface area contributed by atoms with Gasteiger partial charge in [-0.3, -0.25) is 0 Å². The van der Waals surface area contributed by atoms with E-state index in [0.29, 0.717) is 0 Å². The molecule has 1 atom stereocenters. The van der Waals surface area contributed by atoms with Gasteiger partial charge in [-0.15, -0.1) is 11.3 Å². The third kappa shape index (κ3) is 2.45. The van der Waals surface area contributed by atoms with E-state index in [1.165, 1.54) is 21.0 Å². The van der Waals surface area contributed by atoms with Gasteiger partial charge in [0.1, 0.15) is 5.75 Å². The number of ether oxygens (including phenoxy) is 1. The van der Waals surface area contributed by atoms with E-state index in [9.17, 15) is 0 Å². The van der Waals surface area contributed by atoms with Crippen LogP contribution in [0.5, 0.6) is 5.75 Å². The lowest BCUT2D eigenvalue weighted by molar-refractivity contribution is 0.414. The number of nitrogens with two attached hydrogens (primary N) is 1. The molecule has 0 amide bonds. The Morgan fingerprint density at radius 3 is 3.00 bits per heavy atom. The van der Waals surface area contributed by atoms with Crippen LogP contribution in [0.15, 0.2) is 18.2 Å². The summed E-state index contributed by atoms with van der Waals surface area (Å²) in [6, 6.07) is 6.51. The monoisotopic (exact) mass is 288 g/mol. The molecule has 0 saturated heterocycles. The summed E-state index contributed by atoms with van der Waals surface area (Å²) in [4.78, 5) is 6.24. The molecule has 0 saturated carbocycles. The molecule has 0 fully saturated rings. The normalized spacial score (nSPS) is 14.6. The van der Waals surface area contributed by atoms with E-state index in [0.717, 1.165) is 37.1 Å². The van der Waals surface area contributed by atoms with Crippen LogP contribution in [0.3, 0.4) is 0 Å². The number of rotatable bonds is 4. The highest BCUT2D eigenvalue weighted by atomic mass is 32.1. The first-order valence-corrected chi connectivity index (χ1v) is 7.94. The number of hydrogen-bond donors (Lipinski definition) is 1. The second kappa shape index (κ2) is 5.54. The van der Waals surface area contributed by atoms with Gasteiger partial charge in [0.2, 0.25) is 0 Å². The SMILES string of the molecule is CCC(N)Cc1nc2c(s1)CCc1cc(OC)ccc1-2. The maximum Gasteiger partial charge on any atom is 0.119 e. The van der Waals surface area contributed by atoms with Gasteiger partial charge in [0.15, 0.2) is 0 Å². The molecule has 1 aliphatic rings. The number of methoxy groups -OCH3 is 1. The van der Waals surface area contributed by atoms with Gasteiger partial charge in [0.25, 0.3) is 0 Å². The summed E-state index contributed by atoms with van der Waals surface area (Å²) in [6.07, 6.45) is 4.03. The van der Waals surface area contributed by atoms with Crippen molar-refractivity contribution in [3.63, 3.8) is 0 Å². The largest absolute Gasteiger partial charge is 0.497 e. The van der Waals surface area contributed by atoms with Crippen molar-refractivity contribution < 1.29 is 4.74 Å². The van der Waals surface area contributed by atoms with Crippen molar-refractivity contribution in [1.29, 1.82) is 0 Å². The van der Waals surface area contributed by atoms with Crippen LogP contribution in [-0.2, 0) is 19.3 Å². The third-order valence-electron chi connectivity index (χ3n) is 3.89. The summed E-state index contributed by atoms with van der Waals surface area (Å²) < 4.78 is 5.31. The Labute approximate surface area is 123 Å². The van der Waals surface area contributed by atoms with Gasteiger partial charge in [-0.05, 0) is 43.0 Å². The molecule has 1 aliphatic carbocycles. The van der Waals surface area contributed by atoms with Crippen molar-refractivity contribution in [2.45, 2.75) is 38.6 Å². The van der Waals surface area contributed by atoms with Crippen LogP contribution < -0.4 is 10.5 Å². The standard InChI is InChI=1S/C16H20N2OS/c1-3-11(17)9-15-18-16-13-6-5-12(19-2)8-10(13)4-7-14(16)20-15/h5-6,8,11H,3-4,7,9,17H2,1-2H3. The van der Waals surface area contributed by atoms with E-state index in [4.69, 9.17) is 15.5 Å². The number of hydrogen-bond acceptors (Lipinski definition) is 4. The predicted molar refractivity (Wildman–Crippen MR) is 83.5 cm³/mol. The molecule has 2 aromatic rings. The van der Waals surface area contributed by atoms with Crippen LogP contribution in [0.4, 0.5) is 0 Å². The molecule has 1 aromatic heterocycles. The van der Waals surface area contributed by atoms with Crippen LogP contribution in [0.1, 0.15) is 28.8 Å². The number of aromatic nitrogens is 1. The van der Waals surface area contributed by atoms with Gasteiger partial charge < -0.3 is 10.5 Å². The molecule has 0 spiro atoms. The number of aryl methyl sites for hydroxylation is 2. The summed E-state index contributed by atoms with van der Waals surface area (Å²) >= 11 is 1.83. The molecule has 3 nitrogen and oxygen atoms in total. The van der Waals surface area contributed by atoms with Crippen LogP contribution in [0, 0.1) is 0 Å². The van der Waals surface area contributed by atoms with Crippen molar-refractivity contribution in [1.82, 2.24) is 4.98 Å². The first-order chi connectivity index (χ1) is 9.71. The highest BCUT2D eigenvalue weighted by Gasteiger charge is 2.21. The molecule has 4 heteroatoms. The topological polar surface area (TPSA) is 48.1 Å². The smallest absolute Gasteiger partial charge is 0.119 e. The van der Waals surface area contributed by atoms with Crippen LogP contribution in [0.25, 0.3) is 11.3 Å². The zero-order chi connectivity index (χ0) is 14.1. The molecule has 0 bridgehead atoms. The van der Waals surface area contributed by atoms with Gasteiger partial charge in [-0.1, -0.05) is 6.92 Å². The summed E-state index contributed by atoms with van der Waals surface area (Å²) in [5.74, 6) is 0.927. The minimum Gasteiger partial charge on any atom is -0.497 e. The molecule has 1 unspecified atom stereocenters. The molecule has 20 heavy (non-hydrogen) atoms. The lowest BCUT2D eigenvalue weighted by Gasteiger charge is -2.15. The Balaban J connectivity index is 1.95. The van der Waals surface area contributed by atoms with Crippen molar-refractivity contribution in [2.24, 2.45) is 5.73 Å². The third-order valence-corrected chi connectivity index (χ3v) is 5.03. The van der Waals surface area contributed by atoms with Gasteiger partial charge in [-0.2, -0.15) is 0 Å². The van der Waals surface area contributed by atoms with Crippen molar-refractivity contribution in [3.05, 3.63) is 33.6 Å². The first-order valence-electron chi connectivity index (χ1n) is 7.12. The average molecular weight is 288 g/mol. The molecule has 0 aliphatic heterocycles. The van der Waals surface area contributed by atoms with E-state index in [1.807, 2.05) is 17.4 Å². The summed E-state index contributed by atoms with van der Waals surface area (Å²) in [5, 5.41) is 1.17. The van der Waals surface area contributed by atoms with Crippen molar-refractivity contribution in [2.75, 3.05) is 7.11 Å². The number of fused-ring (bicyclic) bond motifs is 3. The fraction of sp³-hybridized carbons (Fsp3) is 0.438. The number of nitrogens with zero attached hydrogens (tertiary/aromatic N) is 1. The maximum atomic E-state index is 6.05. The Hall–Kier alpha value is -1.39. The fourth-order valence-corrected chi connectivity index (χ4v) is 3.79. The summed E-state index contributed by atoms with van der Waals surface area (Å²) in [7, 11) is 1.71. The summed E-state index contributed by atoms with van der Waals surface area (Å²) in [6.45, 7) is 2.12. The summed E-state index contributed by atoms with van der Waals surface area (Å²) in [5.41, 5.74) is 9.81. The molecule has 2 N–H and O–H groups in total. The van der Waals surface area contributed by atoms with Crippen molar-refractivity contribution >= 4 is 11.3 Å². The maximum absolute atomic E-state index is 6.05. The highest BCUT2D eigenvalue weighted by molar-refractivity contribution is 7.12. The Bertz CT molecular complexity index is 621. The predicted octanol–water partition coefficient (Wildman–Crippen LogP) is 3.20. The Kier molecular flexibility index (Phi) is 3.76. The van der Waals surface area contributed by atoms with E-state index in [2.05, 4.69) is 19.1 Å². The zero-order valence-electron chi connectivity index (χ0n) is 12.0. The minimum absolute atomic E-state index is 0.220. The van der Waals surface area contributed by atoms with Gasteiger partial charge in [0, 0.05) is 22.9 Å². The number of benzene rings is 1. The van der Waals surface area contributed by atoms with Gasteiger partial charge in [0.05, 0.1) is 17.8 Å². The molecule has 0 radical (unpaired) electrons. The quantitative estimate of drug-likeness (QED) is 0.940. The minimum atomic E-state index is 0.220. The van der Waals surface area contributed by atoms with Crippen LogP contribution >= 0.6 is 11.3 Å². The van der Waals surface area contributed by atoms with Crippen LogP contribution in [0.2, 0.25) is 0 Å². The second-order valence-electron chi connectivity index (χ2n) is 5.27. The second-order valence-corrected chi connectivity index (χ2v) is 6.44. The van der Waals surface area contributed by atoms with E-state index in [-0.39, 0.29) is 6.04 Å². The molecular weight excluding hydrogens is 268 g/mol. The average Bonchev–Trinajstić information content (AvgIpc) is 2.89.